The van der Waals surface area contributed by atoms with E-state index in [1.54, 1.807) is 0 Å². The van der Waals surface area contributed by atoms with Gasteiger partial charge in [-0.15, -0.1) is 0 Å². The monoisotopic (exact) mass is 276 g/mol. The van der Waals surface area contributed by atoms with E-state index in [4.69, 9.17) is 0 Å². The number of aromatic hydroxyl groups is 2. The Morgan fingerprint density at radius 2 is 2.05 bits per heavy atom. The van der Waals surface area contributed by atoms with Gasteiger partial charge in [-0.2, -0.15) is 0 Å². The van der Waals surface area contributed by atoms with Crippen LogP contribution in [0.25, 0.3) is 0 Å². The molecule has 2 aliphatic rings. The van der Waals surface area contributed by atoms with Gasteiger partial charge < -0.3 is 20.4 Å². The number of amides is 1. The first-order valence-electron chi connectivity index (χ1n) is 7.16. The van der Waals surface area contributed by atoms with E-state index in [1.165, 1.54) is 18.2 Å². The maximum atomic E-state index is 12.7. The molecular weight excluding hydrogens is 256 g/mol. The molecule has 2 aliphatic heterocycles. The number of rotatable bonds is 2. The Bertz CT molecular complexity index is 512. The molecule has 2 saturated heterocycles. The van der Waals surface area contributed by atoms with Gasteiger partial charge in [0, 0.05) is 25.7 Å². The number of carbonyl (C=O) groups excluding carboxylic acids is 1. The van der Waals surface area contributed by atoms with Crippen molar-refractivity contribution in [3.8, 4) is 11.5 Å². The van der Waals surface area contributed by atoms with Crippen LogP contribution in [0.4, 0.5) is 0 Å². The minimum Gasteiger partial charge on any atom is -0.507 e. The van der Waals surface area contributed by atoms with E-state index < -0.39 is 0 Å². The molecule has 0 aliphatic carbocycles. The topological polar surface area (TPSA) is 72.8 Å². The normalized spacial score (nSPS) is 28.6. The van der Waals surface area contributed by atoms with E-state index in [-0.39, 0.29) is 29.0 Å². The van der Waals surface area contributed by atoms with Crippen LogP contribution in [0.15, 0.2) is 18.2 Å². The Morgan fingerprint density at radius 3 is 2.70 bits per heavy atom. The van der Waals surface area contributed by atoms with Crippen LogP contribution < -0.4 is 5.32 Å². The number of hydrogen-bond donors (Lipinski definition) is 3. The van der Waals surface area contributed by atoms with Crippen molar-refractivity contribution in [2.24, 2.45) is 11.8 Å². The van der Waals surface area contributed by atoms with E-state index in [1.807, 2.05) is 4.90 Å². The van der Waals surface area contributed by atoms with Gasteiger partial charge in [-0.1, -0.05) is 13.0 Å². The molecule has 0 aromatic heterocycles. The van der Waals surface area contributed by atoms with E-state index in [9.17, 15) is 15.0 Å². The number of likely N-dealkylation sites (tertiary alicyclic amines) is 1. The lowest BCUT2D eigenvalue weighted by atomic mass is 9.93. The third-order valence-corrected chi connectivity index (χ3v) is 4.63. The van der Waals surface area contributed by atoms with Crippen molar-refractivity contribution in [2.45, 2.75) is 19.4 Å². The lowest BCUT2D eigenvalue weighted by Crippen LogP contribution is -2.39. The van der Waals surface area contributed by atoms with Gasteiger partial charge in [0.05, 0.1) is 0 Å². The molecule has 0 bridgehead atoms. The molecule has 20 heavy (non-hydrogen) atoms. The fraction of sp³-hybridized carbons (Fsp3) is 0.533. The molecule has 1 amide bonds. The molecular formula is C15H20N2O3. The SMILES string of the molecule is CCC1C2CNCC2CN1C(=O)c1c(O)cccc1O. The Kier molecular flexibility index (Phi) is 3.30. The molecule has 5 nitrogen and oxygen atoms in total. The predicted molar refractivity (Wildman–Crippen MR) is 74.7 cm³/mol. The number of carbonyl (C=O) groups is 1. The van der Waals surface area contributed by atoms with Crippen LogP contribution in [0.2, 0.25) is 0 Å². The van der Waals surface area contributed by atoms with Crippen LogP contribution in [-0.2, 0) is 0 Å². The van der Waals surface area contributed by atoms with Crippen molar-refractivity contribution >= 4 is 5.91 Å². The molecule has 108 valence electrons. The van der Waals surface area contributed by atoms with Crippen LogP contribution in [-0.4, -0.2) is 46.7 Å². The van der Waals surface area contributed by atoms with Gasteiger partial charge in [-0.25, -0.2) is 0 Å². The van der Waals surface area contributed by atoms with Gasteiger partial charge in [0.25, 0.3) is 5.91 Å². The highest BCUT2D eigenvalue weighted by molar-refractivity contribution is 5.99. The zero-order chi connectivity index (χ0) is 14.3. The molecule has 2 heterocycles. The second kappa shape index (κ2) is 4.98. The molecule has 0 saturated carbocycles. The van der Waals surface area contributed by atoms with Crippen molar-refractivity contribution in [2.75, 3.05) is 19.6 Å². The summed E-state index contributed by atoms with van der Waals surface area (Å²) in [6.07, 6.45) is 0.892. The number of fused-ring (bicyclic) bond motifs is 1. The summed E-state index contributed by atoms with van der Waals surface area (Å²) in [5.41, 5.74) is 0.0267. The predicted octanol–water partition coefficient (Wildman–Crippen LogP) is 1.17. The Hall–Kier alpha value is -1.75. The molecule has 1 aromatic rings. The van der Waals surface area contributed by atoms with Crippen molar-refractivity contribution < 1.29 is 15.0 Å². The summed E-state index contributed by atoms with van der Waals surface area (Å²) in [5.74, 6) is 0.399. The summed E-state index contributed by atoms with van der Waals surface area (Å²) in [4.78, 5) is 14.5. The molecule has 0 radical (unpaired) electrons. The van der Waals surface area contributed by atoms with E-state index in [0.29, 0.717) is 18.4 Å². The summed E-state index contributed by atoms with van der Waals surface area (Å²) in [6.45, 7) is 4.66. The van der Waals surface area contributed by atoms with Crippen LogP contribution >= 0.6 is 0 Å². The van der Waals surface area contributed by atoms with Gasteiger partial charge in [-0.05, 0) is 30.4 Å². The molecule has 3 N–H and O–H groups in total. The number of phenols is 2. The lowest BCUT2D eigenvalue weighted by Gasteiger charge is -2.27. The van der Waals surface area contributed by atoms with Gasteiger partial charge in [0.1, 0.15) is 17.1 Å². The minimum absolute atomic E-state index is 0.0267. The zero-order valence-corrected chi connectivity index (χ0v) is 11.5. The van der Waals surface area contributed by atoms with Crippen molar-refractivity contribution in [3.05, 3.63) is 23.8 Å². The van der Waals surface area contributed by atoms with Gasteiger partial charge in [-0.3, -0.25) is 4.79 Å². The maximum Gasteiger partial charge on any atom is 0.261 e. The summed E-state index contributed by atoms with van der Waals surface area (Å²) >= 11 is 0. The maximum absolute atomic E-state index is 12.7. The molecule has 3 atom stereocenters. The summed E-state index contributed by atoms with van der Waals surface area (Å²) < 4.78 is 0. The first kappa shape index (κ1) is 13.2. The fourth-order valence-corrected chi connectivity index (χ4v) is 3.67. The lowest BCUT2D eigenvalue weighted by molar-refractivity contribution is 0.0705. The molecule has 2 fully saturated rings. The Balaban J connectivity index is 1.91. The Morgan fingerprint density at radius 1 is 1.35 bits per heavy atom. The molecule has 3 rings (SSSR count). The Labute approximate surface area is 118 Å². The fourth-order valence-electron chi connectivity index (χ4n) is 3.67. The number of hydrogen-bond acceptors (Lipinski definition) is 4. The molecule has 0 spiro atoms. The number of nitrogens with one attached hydrogen (secondary N) is 1. The smallest absolute Gasteiger partial charge is 0.261 e. The third-order valence-electron chi connectivity index (χ3n) is 4.63. The summed E-state index contributed by atoms with van der Waals surface area (Å²) in [7, 11) is 0. The highest BCUT2D eigenvalue weighted by Crippen LogP contribution is 2.37. The van der Waals surface area contributed by atoms with Crippen LogP contribution in [0.5, 0.6) is 11.5 Å². The second-order valence-electron chi connectivity index (χ2n) is 5.69. The van der Waals surface area contributed by atoms with Crippen molar-refractivity contribution in [1.29, 1.82) is 0 Å². The molecule has 3 unspecified atom stereocenters. The van der Waals surface area contributed by atoms with Crippen LogP contribution in [0.3, 0.4) is 0 Å². The zero-order valence-electron chi connectivity index (χ0n) is 11.5. The first-order chi connectivity index (χ1) is 9.63. The highest BCUT2D eigenvalue weighted by Gasteiger charge is 2.45. The number of phenolic OH excluding ortho intramolecular Hbond substituents is 2. The van der Waals surface area contributed by atoms with E-state index >= 15 is 0 Å². The van der Waals surface area contributed by atoms with Crippen molar-refractivity contribution in [3.63, 3.8) is 0 Å². The third kappa shape index (κ3) is 1.93. The average Bonchev–Trinajstić information content (AvgIpc) is 2.97. The summed E-state index contributed by atoms with van der Waals surface area (Å²) in [6, 6.07) is 4.58. The summed E-state index contributed by atoms with van der Waals surface area (Å²) in [5, 5.41) is 23.1. The van der Waals surface area contributed by atoms with Gasteiger partial charge >= 0.3 is 0 Å². The average molecular weight is 276 g/mol. The van der Waals surface area contributed by atoms with Crippen molar-refractivity contribution in [1.82, 2.24) is 10.2 Å². The second-order valence-corrected chi connectivity index (χ2v) is 5.69. The van der Waals surface area contributed by atoms with Crippen LogP contribution in [0, 0.1) is 11.8 Å². The first-order valence-corrected chi connectivity index (χ1v) is 7.16. The van der Waals surface area contributed by atoms with E-state index in [0.717, 1.165) is 19.5 Å². The van der Waals surface area contributed by atoms with Gasteiger partial charge in [0.2, 0.25) is 0 Å². The van der Waals surface area contributed by atoms with Crippen LogP contribution in [0.1, 0.15) is 23.7 Å². The molecule has 1 aromatic carbocycles. The number of benzene rings is 1. The number of nitrogens with zero attached hydrogens (tertiary/aromatic N) is 1. The van der Waals surface area contributed by atoms with E-state index in [2.05, 4.69) is 12.2 Å². The molecule has 5 heteroatoms. The minimum atomic E-state index is -0.262. The largest absolute Gasteiger partial charge is 0.507 e. The van der Waals surface area contributed by atoms with Gasteiger partial charge in [0.15, 0.2) is 0 Å². The highest BCUT2D eigenvalue weighted by atomic mass is 16.3. The standard InChI is InChI=1S/C15H20N2O3/c1-2-11-10-7-16-6-9(10)8-17(11)15(20)14-12(18)4-3-5-13(14)19/h3-5,9-11,16,18-19H,2,6-8H2,1H3. The quantitative estimate of drug-likeness (QED) is 0.758.